The third-order valence-electron chi connectivity index (χ3n) is 3.57. The Hall–Kier alpha value is -3.35. The van der Waals surface area contributed by atoms with E-state index in [2.05, 4.69) is 22.1 Å². The first-order valence-electron chi connectivity index (χ1n) is 7.71. The second-order valence-electron chi connectivity index (χ2n) is 5.19. The molecule has 3 rings (SSSR count). The summed E-state index contributed by atoms with van der Waals surface area (Å²) in [6, 6.07) is 10.6. The van der Waals surface area contributed by atoms with Gasteiger partial charge < -0.3 is 14.8 Å². The molecule has 3 aromatic rings. The van der Waals surface area contributed by atoms with Crippen LogP contribution in [0.5, 0.6) is 11.5 Å². The molecule has 128 valence electrons. The molecule has 0 spiro atoms. The lowest BCUT2D eigenvalue weighted by molar-refractivity contribution is 0.0949. The van der Waals surface area contributed by atoms with Gasteiger partial charge in [-0.15, -0.1) is 10.2 Å². The summed E-state index contributed by atoms with van der Waals surface area (Å²) in [7, 11) is 1.53. The van der Waals surface area contributed by atoms with E-state index in [0.29, 0.717) is 29.5 Å². The molecule has 7 nitrogen and oxygen atoms in total. The zero-order valence-corrected chi connectivity index (χ0v) is 13.8. The molecule has 0 atom stereocenters. The Morgan fingerprint density at radius 1 is 1.28 bits per heavy atom. The number of carbonyl (C=O) groups is 1. The van der Waals surface area contributed by atoms with Gasteiger partial charge in [-0.1, -0.05) is 18.7 Å². The molecule has 0 saturated carbocycles. The highest BCUT2D eigenvalue weighted by molar-refractivity contribution is 5.94. The van der Waals surface area contributed by atoms with Crippen molar-refractivity contribution in [2.75, 3.05) is 13.7 Å². The smallest absolute Gasteiger partial charge is 0.251 e. The lowest BCUT2D eigenvalue weighted by atomic mass is 10.2. The number of amides is 1. The van der Waals surface area contributed by atoms with Crippen molar-refractivity contribution in [1.29, 1.82) is 0 Å². The molecule has 0 unspecified atom stereocenters. The van der Waals surface area contributed by atoms with Crippen molar-refractivity contribution >= 4 is 11.6 Å². The van der Waals surface area contributed by atoms with E-state index in [1.807, 2.05) is 28.8 Å². The second-order valence-corrected chi connectivity index (χ2v) is 5.19. The summed E-state index contributed by atoms with van der Waals surface area (Å²) in [6.45, 7) is 4.23. The molecule has 0 aliphatic carbocycles. The Morgan fingerprint density at radius 3 is 2.96 bits per heavy atom. The topological polar surface area (TPSA) is 77.8 Å². The molecule has 0 aliphatic heterocycles. The van der Waals surface area contributed by atoms with E-state index in [1.54, 1.807) is 24.3 Å². The molecule has 2 heterocycles. The molecule has 25 heavy (non-hydrogen) atoms. The quantitative estimate of drug-likeness (QED) is 0.669. The maximum Gasteiger partial charge on any atom is 0.251 e. The average Bonchev–Trinajstić information content (AvgIpc) is 3.07. The summed E-state index contributed by atoms with van der Waals surface area (Å²) in [5.41, 5.74) is 1.20. The van der Waals surface area contributed by atoms with E-state index >= 15 is 0 Å². The highest BCUT2D eigenvalue weighted by atomic mass is 16.5. The highest BCUT2D eigenvalue weighted by Crippen LogP contribution is 2.28. The molecule has 0 fully saturated rings. The SMILES string of the molecule is C=CCOc1ccc(C(=O)NCc2nnc3ccccn23)cc1OC. The first kappa shape index (κ1) is 16.5. The van der Waals surface area contributed by atoms with Crippen molar-refractivity contribution in [3.05, 3.63) is 66.6 Å². The van der Waals surface area contributed by atoms with E-state index in [1.165, 1.54) is 7.11 Å². The van der Waals surface area contributed by atoms with Crippen LogP contribution in [0.1, 0.15) is 16.2 Å². The van der Waals surface area contributed by atoms with Gasteiger partial charge in [0, 0.05) is 11.8 Å². The van der Waals surface area contributed by atoms with E-state index in [4.69, 9.17) is 9.47 Å². The van der Waals surface area contributed by atoms with Gasteiger partial charge >= 0.3 is 0 Å². The number of hydrogen-bond acceptors (Lipinski definition) is 5. The molecule has 1 amide bonds. The van der Waals surface area contributed by atoms with Crippen LogP contribution in [0, 0.1) is 0 Å². The zero-order chi connectivity index (χ0) is 17.6. The average molecular weight is 338 g/mol. The van der Waals surface area contributed by atoms with Crippen molar-refractivity contribution in [3.8, 4) is 11.5 Å². The number of methoxy groups -OCH3 is 1. The van der Waals surface area contributed by atoms with Gasteiger partial charge in [-0.2, -0.15) is 0 Å². The third-order valence-corrected chi connectivity index (χ3v) is 3.57. The Bertz CT molecular complexity index is 904. The van der Waals surface area contributed by atoms with Crippen molar-refractivity contribution in [2.45, 2.75) is 6.54 Å². The van der Waals surface area contributed by atoms with E-state index in [9.17, 15) is 4.79 Å². The van der Waals surface area contributed by atoms with Crippen LogP contribution in [0.2, 0.25) is 0 Å². The highest BCUT2D eigenvalue weighted by Gasteiger charge is 2.12. The second kappa shape index (κ2) is 7.48. The molecule has 7 heteroatoms. The summed E-state index contributed by atoms with van der Waals surface area (Å²) in [4.78, 5) is 12.4. The summed E-state index contributed by atoms with van der Waals surface area (Å²) in [6.07, 6.45) is 3.49. The number of hydrogen-bond donors (Lipinski definition) is 1. The molecule has 0 aliphatic rings. The van der Waals surface area contributed by atoms with Crippen LogP contribution in [-0.2, 0) is 6.54 Å². The predicted octanol–water partition coefficient (Wildman–Crippen LogP) is 2.23. The van der Waals surface area contributed by atoms with Gasteiger partial charge in [-0.3, -0.25) is 9.20 Å². The van der Waals surface area contributed by atoms with Crippen molar-refractivity contribution < 1.29 is 14.3 Å². The van der Waals surface area contributed by atoms with Crippen LogP contribution >= 0.6 is 0 Å². The number of benzene rings is 1. The molecular weight excluding hydrogens is 320 g/mol. The number of ether oxygens (including phenoxy) is 2. The van der Waals surface area contributed by atoms with Gasteiger partial charge in [-0.25, -0.2) is 0 Å². The number of nitrogens with one attached hydrogen (secondary N) is 1. The van der Waals surface area contributed by atoms with Crippen molar-refractivity contribution in [2.24, 2.45) is 0 Å². The minimum atomic E-state index is -0.235. The number of rotatable bonds is 7. The number of fused-ring (bicyclic) bond motifs is 1. The third kappa shape index (κ3) is 3.60. The fourth-order valence-electron chi connectivity index (χ4n) is 2.35. The maximum absolute atomic E-state index is 12.4. The lowest BCUT2D eigenvalue weighted by Gasteiger charge is -2.11. The Kier molecular flexibility index (Phi) is 4.94. The van der Waals surface area contributed by atoms with Crippen LogP contribution < -0.4 is 14.8 Å². The fourth-order valence-corrected chi connectivity index (χ4v) is 2.35. The molecule has 0 radical (unpaired) electrons. The number of pyridine rings is 1. The van der Waals surface area contributed by atoms with Gasteiger partial charge in [0.2, 0.25) is 0 Å². The van der Waals surface area contributed by atoms with Gasteiger partial charge in [0.1, 0.15) is 6.61 Å². The molecule has 0 saturated heterocycles. The Balaban J connectivity index is 1.71. The molecule has 2 aromatic heterocycles. The fraction of sp³-hybridized carbons (Fsp3) is 0.167. The van der Waals surface area contributed by atoms with Gasteiger partial charge in [0.25, 0.3) is 5.91 Å². The van der Waals surface area contributed by atoms with E-state index in [0.717, 1.165) is 5.65 Å². The zero-order valence-electron chi connectivity index (χ0n) is 13.8. The van der Waals surface area contributed by atoms with Crippen molar-refractivity contribution in [1.82, 2.24) is 19.9 Å². The minimum absolute atomic E-state index is 0.235. The van der Waals surface area contributed by atoms with Crippen LogP contribution in [-0.4, -0.2) is 34.2 Å². The number of aromatic nitrogens is 3. The Morgan fingerprint density at radius 2 is 2.16 bits per heavy atom. The molecule has 0 bridgehead atoms. The molecular formula is C18H18N4O3. The normalized spacial score (nSPS) is 10.4. The maximum atomic E-state index is 12.4. The van der Waals surface area contributed by atoms with E-state index in [-0.39, 0.29) is 12.5 Å². The van der Waals surface area contributed by atoms with Crippen LogP contribution in [0.4, 0.5) is 0 Å². The van der Waals surface area contributed by atoms with Gasteiger partial charge in [0.15, 0.2) is 23.0 Å². The van der Waals surface area contributed by atoms with Gasteiger partial charge in [-0.05, 0) is 30.3 Å². The van der Waals surface area contributed by atoms with Crippen molar-refractivity contribution in [3.63, 3.8) is 0 Å². The van der Waals surface area contributed by atoms with Crippen LogP contribution in [0.25, 0.3) is 5.65 Å². The minimum Gasteiger partial charge on any atom is -0.493 e. The first-order chi connectivity index (χ1) is 12.2. The summed E-state index contributed by atoms with van der Waals surface area (Å²) < 4.78 is 12.6. The predicted molar refractivity (Wildman–Crippen MR) is 92.8 cm³/mol. The number of carbonyl (C=O) groups excluding carboxylic acids is 1. The summed E-state index contributed by atoms with van der Waals surface area (Å²) in [5, 5.41) is 11.0. The van der Waals surface area contributed by atoms with Crippen LogP contribution in [0.3, 0.4) is 0 Å². The molecule has 1 aromatic carbocycles. The molecule has 1 N–H and O–H groups in total. The van der Waals surface area contributed by atoms with Crippen LogP contribution in [0.15, 0.2) is 55.3 Å². The van der Waals surface area contributed by atoms with Gasteiger partial charge in [0.05, 0.1) is 13.7 Å². The van der Waals surface area contributed by atoms with E-state index < -0.39 is 0 Å². The number of nitrogens with zero attached hydrogens (tertiary/aromatic N) is 3. The summed E-state index contributed by atoms with van der Waals surface area (Å²) in [5.74, 6) is 1.47. The standard InChI is InChI=1S/C18H18N4O3/c1-3-10-25-14-8-7-13(11-15(14)24-2)18(23)19-12-17-21-20-16-6-4-5-9-22(16)17/h3-9,11H,1,10,12H2,2H3,(H,19,23). The largest absolute Gasteiger partial charge is 0.493 e. The summed E-state index contributed by atoms with van der Waals surface area (Å²) >= 11 is 0. The monoisotopic (exact) mass is 338 g/mol. The Labute approximate surface area is 144 Å². The lowest BCUT2D eigenvalue weighted by Crippen LogP contribution is -2.24. The first-order valence-corrected chi connectivity index (χ1v) is 7.71.